The Morgan fingerprint density at radius 3 is 2.50 bits per heavy atom. The van der Waals surface area contributed by atoms with Gasteiger partial charge >= 0.3 is 0 Å². The first-order valence-electron chi connectivity index (χ1n) is 8.39. The van der Waals surface area contributed by atoms with Crippen LogP contribution >= 0.6 is 0 Å². The Balaban J connectivity index is 1.72. The first kappa shape index (κ1) is 20.2. The number of rotatable bonds is 7. The highest BCUT2D eigenvalue weighted by Gasteiger charge is 2.15. The maximum Gasteiger partial charge on any atom is 0.273 e. The van der Waals surface area contributed by atoms with Crippen LogP contribution in [-0.4, -0.2) is 29.1 Å². The van der Waals surface area contributed by atoms with E-state index in [9.17, 15) is 25.0 Å². The number of nitro groups is 2. The van der Waals surface area contributed by atoms with Crippen molar-refractivity contribution < 1.29 is 23.8 Å². The molecule has 0 aliphatic carbocycles. The lowest BCUT2D eigenvalue weighted by atomic mass is 10.1. The second-order valence-electron chi connectivity index (χ2n) is 5.85. The van der Waals surface area contributed by atoms with Gasteiger partial charge in [-0.05, 0) is 24.3 Å². The van der Waals surface area contributed by atoms with Crippen molar-refractivity contribution in [3.63, 3.8) is 0 Å². The average Bonchev–Trinajstić information content (AvgIpc) is 3.21. The molecule has 30 heavy (non-hydrogen) atoms. The van der Waals surface area contributed by atoms with E-state index in [1.807, 2.05) is 0 Å². The van der Waals surface area contributed by atoms with Crippen LogP contribution in [0.15, 0.2) is 64.1 Å². The zero-order valence-corrected chi connectivity index (χ0v) is 15.5. The number of hydrogen-bond acceptors (Lipinski definition) is 8. The predicted molar refractivity (Wildman–Crippen MR) is 106 cm³/mol. The SMILES string of the molecule is COc1cc([N+](=O)[O-])ccc1-c1ccc(/C=N\NC(=O)c2cccc([N+](=O)[O-])c2)o1. The zero-order chi connectivity index (χ0) is 21.7. The molecule has 3 rings (SSSR count). The summed E-state index contributed by atoms with van der Waals surface area (Å²) in [6.07, 6.45) is 1.25. The molecule has 0 fully saturated rings. The van der Waals surface area contributed by atoms with Gasteiger partial charge in [0.1, 0.15) is 17.3 Å². The number of benzene rings is 2. The molecule has 11 heteroatoms. The second kappa shape index (κ2) is 8.65. The molecule has 1 N–H and O–H groups in total. The first-order valence-corrected chi connectivity index (χ1v) is 8.39. The summed E-state index contributed by atoms with van der Waals surface area (Å²) in [5.41, 5.74) is 2.51. The molecule has 0 radical (unpaired) electrons. The van der Waals surface area contributed by atoms with Gasteiger partial charge in [-0.1, -0.05) is 6.07 Å². The van der Waals surface area contributed by atoms with E-state index in [2.05, 4.69) is 10.5 Å². The van der Waals surface area contributed by atoms with Gasteiger partial charge < -0.3 is 9.15 Å². The highest BCUT2D eigenvalue weighted by molar-refractivity contribution is 5.95. The third-order valence-corrected chi connectivity index (χ3v) is 3.97. The van der Waals surface area contributed by atoms with Crippen LogP contribution in [0.3, 0.4) is 0 Å². The molecular formula is C19H14N4O7. The summed E-state index contributed by atoms with van der Waals surface area (Å²) in [6, 6.07) is 12.5. The van der Waals surface area contributed by atoms with Crippen molar-refractivity contribution in [2.24, 2.45) is 5.10 Å². The summed E-state index contributed by atoms with van der Waals surface area (Å²) in [7, 11) is 1.39. The Morgan fingerprint density at radius 1 is 1.07 bits per heavy atom. The molecule has 152 valence electrons. The van der Waals surface area contributed by atoms with E-state index in [0.29, 0.717) is 17.1 Å². The van der Waals surface area contributed by atoms with E-state index in [1.54, 1.807) is 12.1 Å². The number of nitrogens with zero attached hydrogens (tertiary/aromatic N) is 3. The third kappa shape index (κ3) is 4.47. The van der Waals surface area contributed by atoms with Crippen LogP contribution in [0.25, 0.3) is 11.3 Å². The molecule has 1 amide bonds. The number of hydrogen-bond donors (Lipinski definition) is 1. The van der Waals surface area contributed by atoms with Crippen LogP contribution in [0.2, 0.25) is 0 Å². The predicted octanol–water partition coefficient (Wildman–Crippen LogP) is 3.54. The number of nitrogens with one attached hydrogen (secondary N) is 1. The molecule has 11 nitrogen and oxygen atoms in total. The number of amides is 1. The Kier molecular flexibility index (Phi) is 5.82. The Hall–Kier alpha value is -4.54. The van der Waals surface area contributed by atoms with E-state index in [-0.39, 0.29) is 22.7 Å². The molecule has 0 aliphatic heterocycles. The summed E-state index contributed by atoms with van der Waals surface area (Å²) in [4.78, 5) is 32.6. The van der Waals surface area contributed by atoms with Gasteiger partial charge in [-0.3, -0.25) is 25.0 Å². The van der Waals surface area contributed by atoms with E-state index in [0.717, 1.165) is 6.07 Å². The van der Waals surface area contributed by atoms with Crippen LogP contribution in [0, 0.1) is 20.2 Å². The van der Waals surface area contributed by atoms with Gasteiger partial charge in [-0.2, -0.15) is 5.10 Å². The van der Waals surface area contributed by atoms with Gasteiger partial charge in [-0.15, -0.1) is 0 Å². The minimum Gasteiger partial charge on any atom is -0.496 e. The van der Waals surface area contributed by atoms with E-state index < -0.39 is 15.8 Å². The van der Waals surface area contributed by atoms with E-state index in [4.69, 9.17) is 9.15 Å². The molecule has 0 bridgehead atoms. The molecule has 0 saturated carbocycles. The van der Waals surface area contributed by atoms with Crippen molar-refractivity contribution in [3.8, 4) is 17.1 Å². The normalized spacial score (nSPS) is 10.7. The van der Waals surface area contributed by atoms with Crippen LogP contribution in [0.4, 0.5) is 11.4 Å². The molecule has 3 aromatic rings. The molecule has 2 aromatic carbocycles. The van der Waals surface area contributed by atoms with Crippen LogP contribution in [0.1, 0.15) is 16.1 Å². The lowest BCUT2D eigenvalue weighted by Gasteiger charge is -2.05. The highest BCUT2D eigenvalue weighted by atomic mass is 16.6. The van der Waals surface area contributed by atoms with Crippen molar-refractivity contribution in [1.29, 1.82) is 0 Å². The van der Waals surface area contributed by atoms with Crippen LogP contribution in [0.5, 0.6) is 5.75 Å². The molecule has 0 saturated heterocycles. The number of hydrazone groups is 1. The number of ether oxygens (including phenoxy) is 1. The minimum absolute atomic E-state index is 0.0806. The maximum absolute atomic E-state index is 12.1. The lowest BCUT2D eigenvalue weighted by molar-refractivity contribution is -0.385. The van der Waals surface area contributed by atoms with Gasteiger partial charge in [0.15, 0.2) is 0 Å². The molecule has 0 spiro atoms. The number of furan rings is 1. The van der Waals surface area contributed by atoms with Crippen molar-refractivity contribution in [2.75, 3.05) is 7.11 Å². The second-order valence-corrected chi connectivity index (χ2v) is 5.85. The van der Waals surface area contributed by atoms with Crippen molar-refractivity contribution in [2.45, 2.75) is 0 Å². The Labute approximate surface area is 168 Å². The monoisotopic (exact) mass is 410 g/mol. The molecule has 1 aromatic heterocycles. The topological polar surface area (TPSA) is 150 Å². The quantitative estimate of drug-likeness (QED) is 0.355. The van der Waals surface area contributed by atoms with Crippen LogP contribution in [-0.2, 0) is 0 Å². The number of nitro benzene ring substituents is 2. The number of carbonyl (C=O) groups excluding carboxylic acids is 1. The molecular weight excluding hydrogens is 396 g/mol. The summed E-state index contributed by atoms with van der Waals surface area (Å²) < 4.78 is 10.8. The van der Waals surface area contributed by atoms with Crippen LogP contribution < -0.4 is 10.2 Å². The molecule has 0 atom stereocenters. The standard InChI is InChI=1S/C19H14N4O7/c1-29-18-10-14(23(27)28)5-7-16(18)17-8-6-15(30-17)11-20-21-19(24)12-3-2-4-13(9-12)22(25)26/h2-11H,1H3,(H,21,24)/b20-11-. The largest absolute Gasteiger partial charge is 0.496 e. The molecule has 0 unspecified atom stereocenters. The molecule has 0 aliphatic rings. The molecule has 1 heterocycles. The van der Waals surface area contributed by atoms with Gasteiger partial charge in [0.25, 0.3) is 17.3 Å². The fourth-order valence-corrected chi connectivity index (χ4v) is 2.54. The van der Waals surface area contributed by atoms with Gasteiger partial charge in [0.2, 0.25) is 0 Å². The summed E-state index contributed by atoms with van der Waals surface area (Å²) in [5.74, 6) is 0.317. The van der Waals surface area contributed by atoms with Gasteiger partial charge in [0.05, 0.1) is 34.8 Å². The van der Waals surface area contributed by atoms with Gasteiger partial charge in [0, 0.05) is 23.8 Å². The van der Waals surface area contributed by atoms with Crippen molar-refractivity contribution in [3.05, 3.63) is 86.1 Å². The third-order valence-electron chi connectivity index (χ3n) is 3.97. The highest BCUT2D eigenvalue weighted by Crippen LogP contribution is 2.34. The average molecular weight is 410 g/mol. The summed E-state index contributed by atoms with van der Waals surface area (Å²) in [6.45, 7) is 0. The minimum atomic E-state index is -0.626. The van der Waals surface area contributed by atoms with Crippen molar-refractivity contribution >= 4 is 23.5 Å². The number of carbonyl (C=O) groups is 1. The van der Waals surface area contributed by atoms with Gasteiger partial charge in [-0.25, -0.2) is 5.43 Å². The maximum atomic E-state index is 12.1. The fraction of sp³-hybridized carbons (Fsp3) is 0.0526. The summed E-state index contributed by atoms with van der Waals surface area (Å²) >= 11 is 0. The van der Waals surface area contributed by atoms with E-state index >= 15 is 0 Å². The lowest BCUT2D eigenvalue weighted by Crippen LogP contribution is -2.17. The fourth-order valence-electron chi connectivity index (χ4n) is 2.54. The first-order chi connectivity index (χ1) is 14.4. The smallest absolute Gasteiger partial charge is 0.273 e. The van der Waals surface area contributed by atoms with E-state index in [1.165, 1.54) is 49.7 Å². The Bertz CT molecular complexity index is 1150. The van der Waals surface area contributed by atoms with Crippen molar-refractivity contribution in [1.82, 2.24) is 5.43 Å². The number of non-ortho nitro benzene ring substituents is 2. The Morgan fingerprint density at radius 2 is 1.80 bits per heavy atom. The summed E-state index contributed by atoms with van der Waals surface area (Å²) in [5, 5.41) is 25.4. The number of methoxy groups -OCH3 is 1. The zero-order valence-electron chi connectivity index (χ0n) is 15.5.